The first kappa shape index (κ1) is 28.0. The Morgan fingerprint density at radius 3 is 2.44 bits per heavy atom. The maximum absolute atomic E-state index is 13.5. The lowest BCUT2D eigenvalue weighted by molar-refractivity contribution is 0.136. The van der Waals surface area contributed by atoms with Crippen molar-refractivity contribution in [1.29, 1.82) is 0 Å². The predicted octanol–water partition coefficient (Wildman–Crippen LogP) is 3.64. The van der Waals surface area contributed by atoms with E-state index in [2.05, 4.69) is 24.7 Å². The van der Waals surface area contributed by atoms with Crippen LogP contribution in [0.25, 0.3) is 11.6 Å². The monoisotopic (exact) mass is 553 g/mol. The third-order valence-electron chi connectivity index (χ3n) is 5.75. The fraction of sp³-hybridized carbons (Fsp3) is 0.333. The molecular weight excluding hydrogens is 522 g/mol. The second-order valence-electron chi connectivity index (χ2n) is 9.60. The van der Waals surface area contributed by atoms with Crippen LogP contribution in [0.2, 0.25) is 0 Å². The van der Waals surface area contributed by atoms with Crippen LogP contribution in [-0.4, -0.2) is 59.9 Å². The molecule has 0 spiro atoms. The minimum Gasteiger partial charge on any atom is -0.497 e. The lowest BCUT2D eigenvalue weighted by Gasteiger charge is -2.24. The minimum absolute atomic E-state index is 0.00252. The maximum Gasteiger partial charge on any atom is 0.263 e. The lowest BCUT2D eigenvalue weighted by Crippen LogP contribution is -2.24. The SMILES string of the molecule is COC1=CC=CCC1Oc1c(NS(=O)(=O)c2ccc(C(C)(C)C)cc2)nc(-c2ncccn2)nc1OCCO. The summed E-state index contributed by atoms with van der Waals surface area (Å²) in [4.78, 5) is 17.2. The molecule has 1 aliphatic carbocycles. The normalized spacial score (nSPS) is 15.4. The molecule has 0 radical (unpaired) electrons. The van der Waals surface area contributed by atoms with Gasteiger partial charge in [-0.2, -0.15) is 4.98 Å². The van der Waals surface area contributed by atoms with Gasteiger partial charge in [0.15, 0.2) is 17.7 Å². The third kappa shape index (κ3) is 6.70. The molecule has 3 aromatic rings. The molecule has 0 fully saturated rings. The number of hydrogen-bond donors (Lipinski definition) is 2. The number of aliphatic hydroxyl groups excluding tert-OH is 1. The van der Waals surface area contributed by atoms with Gasteiger partial charge >= 0.3 is 0 Å². The Balaban J connectivity index is 1.81. The first-order chi connectivity index (χ1) is 18.6. The molecule has 11 nitrogen and oxygen atoms in total. The van der Waals surface area contributed by atoms with Crippen molar-refractivity contribution in [2.24, 2.45) is 0 Å². The topological polar surface area (TPSA) is 146 Å². The average molecular weight is 554 g/mol. The summed E-state index contributed by atoms with van der Waals surface area (Å²) in [6.07, 6.45) is 8.32. The van der Waals surface area contributed by atoms with Crippen LogP contribution in [-0.2, 0) is 20.2 Å². The van der Waals surface area contributed by atoms with E-state index in [4.69, 9.17) is 14.2 Å². The Morgan fingerprint density at radius 1 is 1.08 bits per heavy atom. The molecule has 1 unspecified atom stereocenters. The Labute approximate surface area is 227 Å². The Bertz CT molecular complexity index is 1450. The van der Waals surface area contributed by atoms with Gasteiger partial charge in [0.1, 0.15) is 12.4 Å². The van der Waals surface area contributed by atoms with E-state index in [1.165, 1.54) is 31.6 Å². The van der Waals surface area contributed by atoms with Crippen molar-refractivity contribution in [2.45, 2.75) is 43.6 Å². The first-order valence-electron chi connectivity index (χ1n) is 12.3. The average Bonchev–Trinajstić information content (AvgIpc) is 2.93. The summed E-state index contributed by atoms with van der Waals surface area (Å²) in [5.74, 6) is 0.333. The molecule has 0 bridgehead atoms. The summed E-state index contributed by atoms with van der Waals surface area (Å²) in [5.41, 5.74) is 0.841. The number of rotatable bonds is 10. The number of aromatic nitrogens is 4. The zero-order valence-electron chi connectivity index (χ0n) is 22.2. The quantitative estimate of drug-likeness (QED) is 0.381. The van der Waals surface area contributed by atoms with E-state index in [1.54, 1.807) is 24.3 Å². The van der Waals surface area contributed by atoms with Gasteiger partial charge in [-0.1, -0.05) is 45.1 Å². The number of ether oxygens (including phenoxy) is 3. The predicted molar refractivity (Wildman–Crippen MR) is 145 cm³/mol. The zero-order valence-corrected chi connectivity index (χ0v) is 23.0. The van der Waals surface area contributed by atoms with Crippen molar-refractivity contribution in [3.05, 3.63) is 72.3 Å². The molecule has 2 aromatic heterocycles. The Hall–Kier alpha value is -4.03. The van der Waals surface area contributed by atoms with Crippen molar-refractivity contribution >= 4 is 15.8 Å². The highest BCUT2D eigenvalue weighted by Crippen LogP contribution is 2.38. The van der Waals surface area contributed by atoms with E-state index < -0.39 is 16.1 Å². The van der Waals surface area contributed by atoms with Gasteiger partial charge in [0.05, 0.1) is 18.6 Å². The summed E-state index contributed by atoms with van der Waals surface area (Å²) >= 11 is 0. The number of nitrogens with one attached hydrogen (secondary N) is 1. The number of allylic oxidation sites excluding steroid dienone is 2. The molecule has 39 heavy (non-hydrogen) atoms. The zero-order chi connectivity index (χ0) is 28.0. The number of sulfonamides is 1. The highest BCUT2D eigenvalue weighted by molar-refractivity contribution is 7.92. The second-order valence-corrected chi connectivity index (χ2v) is 11.3. The number of anilines is 1. The van der Waals surface area contributed by atoms with E-state index >= 15 is 0 Å². The summed E-state index contributed by atoms with van der Waals surface area (Å²) in [5, 5.41) is 9.41. The summed E-state index contributed by atoms with van der Waals surface area (Å²) < 4.78 is 46.9. The van der Waals surface area contributed by atoms with Crippen LogP contribution in [0.3, 0.4) is 0 Å². The van der Waals surface area contributed by atoms with Gasteiger partial charge in [-0.25, -0.2) is 23.4 Å². The van der Waals surface area contributed by atoms with E-state index in [0.717, 1.165) is 5.56 Å². The van der Waals surface area contributed by atoms with Crippen LogP contribution in [0.5, 0.6) is 11.6 Å². The van der Waals surface area contributed by atoms with Crippen molar-refractivity contribution < 1.29 is 27.7 Å². The molecular formula is C27H31N5O6S. The van der Waals surface area contributed by atoms with Crippen LogP contribution in [0.1, 0.15) is 32.8 Å². The summed E-state index contributed by atoms with van der Waals surface area (Å²) in [7, 11) is -2.60. The van der Waals surface area contributed by atoms with E-state index in [-0.39, 0.29) is 52.6 Å². The molecule has 2 heterocycles. The smallest absolute Gasteiger partial charge is 0.263 e. The number of nitrogens with zero attached hydrogens (tertiary/aromatic N) is 4. The Kier molecular flexibility index (Phi) is 8.46. The second kappa shape index (κ2) is 11.8. The van der Waals surface area contributed by atoms with Crippen LogP contribution in [0.15, 0.2) is 71.6 Å². The fourth-order valence-electron chi connectivity index (χ4n) is 3.72. The number of hydrogen-bond acceptors (Lipinski definition) is 10. The number of benzene rings is 1. The standard InChI is InChI=1S/C27H31N5O6S/c1-27(2,3)18-10-12-19(13-11-18)39(34,35)32-23-22(38-21-9-6-5-8-20(21)36-4)26(37-17-16-33)31-25(30-23)24-28-14-7-15-29-24/h5-8,10-15,21,33H,9,16-17H2,1-4H3,(H,30,31,32). The molecule has 0 saturated carbocycles. The van der Waals surface area contributed by atoms with Crippen molar-refractivity contribution in [3.8, 4) is 23.3 Å². The third-order valence-corrected chi connectivity index (χ3v) is 7.11. The van der Waals surface area contributed by atoms with Gasteiger partial charge in [-0.05, 0) is 35.3 Å². The van der Waals surface area contributed by atoms with Gasteiger partial charge in [0, 0.05) is 18.8 Å². The van der Waals surface area contributed by atoms with Crippen molar-refractivity contribution in [3.63, 3.8) is 0 Å². The van der Waals surface area contributed by atoms with Gasteiger partial charge in [0.2, 0.25) is 11.6 Å². The minimum atomic E-state index is -4.12. The molecule has 4 rings (SSSR count). The largest absolute Gasteiger partial charge is 0.497 e. The molecule has 1 aliphatic rings. The lowest BCUT2D eigenvalue weighted by atomic mass is 9.87. The fourth-order valence-corrected chi connectivity index (χ4v) is 4.72. The molecule has 0 aliphatic heterocycles. The van der Waals surface area contributed by atoms with Crippen molar-refractivity contribution in [2.75, 3.05) is 25.0 Å². The summed E-state index contributed by atoms with van der Waals surface area (Å²) in [6, 6.07) is 8.24. The van der Waals surface area contributed by atoms with Gasteiger partial charge in [0.25, 0.3) is 15.9 Å². The van der Waals surface area contributed by atoms with Crippen LogP contribution >= 0.6 is 0 Å². The summed E-state index contributed by atoms with van der Waals surface area (Å²) in [6.45, 7) is 5.70. The highest BCUT2D eigenvalue weighted by Gasteiger charge is 2.28. The molecule has 1 aromatic carbocycles. The number of methoxy groups -OCH3 is 1. The first-order valence-corrected chi connectivity index (χ1v) is 13.7. The molecule has 12 heteroatoms. The van der Waals surface area contributed by atoms with E-state index in [1.807, 2.05) is 32.9 Å². The van der Waals surface area contributed by atoms with Crippen LogP contribution in [0, 0.1) is 0 Å². The van der Waals surface area contributed by atoms with E-state index in [0.29, 0.717) is 12.2 Å². The van der Waals surface area contributed by atoms with Crippen LogP contribution < -0.4 is 14.2 Å². The van der Waals surface area contributed by atoms with Gasteiger partial charge in [-0.15, -0.1) is 0 Å². The van der Waals surface area contributed by atoms with E-state index in [9.17, 15) is 13.5 Å². The van der Waals surface area contributed by atoms with Crippen molar-refractivity contribution in [1.82, 2.24) is 19.9 Å². The molecule has 206 valence electrons. The van der Waals surface area contributed by atoms with Gasteiger partial charge in [-0.3, -0.25) is 4.72 Å². The molecule has 0 saturated heterocycles. The molecule has 1 atom stereocenters. The highest BCUT2D eigenvalue weighted by atomic mass is 32.2. The van der Waals surface area contributed by atoms with Crippen LogP contribution in [0.4, 0.5) is 5.82 Å². The molecule has 0 amide bonds. The maximum atomic E-state index is 13.5. The van der Waals surface area contributed by atoms with Gasteiger partial charge < -0.3 is 19.3 Å². The Morgan fingerprint density at radius 2 is 1.79 bits per heavy atom. The molecule has 2 N–H and O–H groups in total. The number of aliphatic hydroxyl groups is 1.